The summed E-state index contributed by atoms with van der Waals surface area (Å²) in [5.41, 5.74) is -4.48. The number of halogens is 3. The summed E-state index contributed by atoms with van der Waals surface area (Å²) in [5.74, 6) is 0. The van der Waals surface area contributed by atoms with Crippen LogP contribution in [-0.4, -0.2) is 109 Å². The first-order valence-electron chi connectivity index (χ1n) is 11.1. The van der Waals surface area contributed by atoms with E-state index in [-0.39, 0.29) is 17.1 Å². The molecule has 0 spiro atoms. The van der Waals surface area contributed by atoms with Crippen LogP contribution in [0.4, 0.5) is 13.2 Å². The maximum absolute atomic E-state index is 10.7. The molecule has 1 aromatic heterocycles. The summed E-state index contributed by atoms with van der Waals surface area (Å²) in [6, 6.07) is 6.15. The Bertz CT molecular complexity index is 769. The molecule has 0 bridgehead atoms. The van der Waals surface area contributed by atoms with E-state index in [9.17, 15) is 18.3 Å². The molecule has 0 amide bonds. The Kier molecular flexibility index (Phi) is 16.4. The standard InChI is InChI=1S/C14H24N4.C6H11O2.CHF3O3S.Fe/c1-16-7-8-17(2)10-12-18(11-9-16)13-14-5-3-4-6-15-14;7-5-3-1-2-4-6(5)8;2-1(3,4)8(5,6)7;/h3-6H,7-13H2,1-2H3;5-7H,1-4H2;(H,5,6,7);/q;-1;;+3/p-1/i;8+2;;. The maximum atomic E-state index is 10.7. The van der Waals surface area contributed by atoms with Gasteiger partial charge in [-0.2, -0.15) is 13.2 Å². The van der Waals surface area contributed by atoms with Crippen molar-refractivity contribution in [2.45, 2.75) is 49.9 Å². The molecular formula is C21H35F3FeN4O5S+. The van der Waals surface area contributed by atoms with Crippen LogP contribution in [0.1, 0.15) is 31.4 Å². The molecule has 9 nitrogen and oxygen atoms in total. The number of alkyl halides is 3. The van der Waals surface area contributed by atoms with Crippen molar-refractivity contribution < 1.29 is 53.4 Å². The molecule has 1 saturated carbocycles. The number of rotatable bonds is 2. The van der Waals surface area contributed by atoms with Gasteiger partial charge in [-0.25, -0.2) is 8.42 Å². The Morgan fingerprint density at radius 3 is 1.91 bits per heavy atom. The zero-order chi connectivity index (χ0) is 25.8. The first-order valence-corrected chi connectivity index (χ1v) is 12.6. The Labute approximate surface area is 216 Å². The molecule has 14 heteroatoms. The fraction of sp³-hybridized carbons (Fsp3) is 0.762. The van der Waals surface area contributed by atoms with Crippen LogP contribution in [0.3, 0.4) is 0 Å². The molecule has 2 aliphatic rings. The number of hydrogen-bond acceptors (Lipinski definition) is 9. The van der Waals surface area contributed by atoms with Crippen LogP contribution in [0.25, 0.3) is 0 Å². The van der Waals surface area contributed by atoms with Crippen LogP contribution in [0, 0.1) is 0 Å². The van der Waals surface area contributed by atoms with E-state index in [0.29, 0.717) is 12.8 Å². The minimum absolute atomic E-state index is 0. The van der Waals surface area contributed by atoms with Gasteiger partial charge >= 0.3 is 22.6 Å². The minimum Gasteiger partial charge on any atom is -0.850 e. The normalized spacial score (nSPS) is 23.2. The van der Waals surface area contributed by atoms with Crippen LogP contribution in [0.5, 0.6) is 0 Å². The third kappa shape index (κ3) is 15.1. The maximum Gasteiger partial charge on any atom is 3.00 e. The molecule has 2 fully saturated rings. The number of aliphatic hydroxyl groups excluding tert-OH is 1. The van der Waals surface area contributed by atoms with Gasteiger partial charge in [0, 0.05) is 58.1 Å². The van der Waals surface area contributed by atoms with Gasteiger partial charge in [0.25, 0.3) is 0 Å². The van der Waals surface area contributed by atoms with Gasteiger partial charge in [0.2, 0.25) is 0 Å². The number of pyridine rings is 1. The van der Waals surface area contributed by atoms with Gasteiger partial charge in [-0.15, -0.1) is 0 Å². The molecule has 1 radical (unpaired) electrons. The zero-order valence-electron chi connectivity index (χ0n) is 20.0. The van der Waals surface area contributed by atoms with Gasteiger partial charge < -0.3 is 24.6 Å². The summed E-state index contributed by atoms with van der Waals surface area (Å²) < 4.78 is 58.9. The summed E-state index contributed by atoms with van der Waals surface area (Å²) in [7, 11) is -1.68. The molecule has 1 aliphatic heterocycles. The van der Waals surface area contributed by atoms with Crippen molar-refractivity contribution in [3.8, 4) is 0 Å². The van der Waals surface area contributed by atoms with Gasteiger partial charge in [-0.3, -0.25) is 9.88 Å². The Hall–Kier alpha value is -0.831. The molecule has 203 valence electrons. The second-order valence-corrected chi connectivity index (χ2v) is 9.87. The summed E-state index contributed by atoms with van der Waals surface area (Å²) in [4.78, 5) is 11.7. The largest absolute Gasteiger partial charge is 3.00 e. The smallest absolute Gasteiger partial charge is 0.850 e. The Balaban J connectivity index is 0.000000569. The van der Waals surface area contributed by atoms with Crippen molar-refractivity contribution in [3.05, 3.63) is 30.1 Å². The minimum atomic E-state index is -6.09. The number of hydrogen-bond donors (Lipinski definition) is 1. The summed E-state index contributed by atoms with van der Waals surface area (Å²) in [5, 5.41) is 19.5. The van der Waals surface area contributed by atoms with Crippen LogP contribution in [0.2, 0.25) is 0 Å². The Morgan fingerprint density at radius 1 is 1.06 bits per heavy atom. The van der Waals surface area contributed by atoms with Crippen molar-refractivity contribution in [1.29, 1.82) is 0 Å². The first-order chi connectivity index (χ1) is 15.8. The summed E-state index contributed by atoms with van der Waals surface area (Å²) >= 11 is 0. The molecule has 2 unspecified atom stereocenters. The molecule has 3 rings (SSSR count). The van der Waals surface area contributed by atoms with E-state index in [1.165, 1.54) is 5.69 Å². The SMILES string of the molecule is CN1CCN(C)CCN(Cc2ccccn2)CC1.O=S(=O)([O-])C(F)(F)F.OC1CCCCC1[18O-].[Fe+3]. The van der Waals surface area contributed by atoms with Crippen molar-refractivity contribution in [1.82, 2.24) is 19.7 Å². The van der Waals surface area contributed by atoms with E-state index in [1.54, 1.807) is 0 Å². The molecule has 1 saturated heterocycles. The molecular weight excluding hydrogens is 535 g/mol. The van der Waals surface area contributed by atoms with Gasteiger partial charge in [-0.1, -0.05) is 31.4 Å². The van der Waals surface area contributed by atoms with E-state index in [4.69, 9.17) is 18.1 Å². The second kappa shape index (κ2) is 16.8. The monoisotopic (exact) mass is 570 g/mol. The molecule has 2 atom stereocenters. The van der Waals surface area contributed by atoms with Crippen LogP contribution in [-0.2, 0) is 33.7 Å². The zero-order valence-corrected chi connectivity index (χ0v) is 21.9. The molecule has 2 heterocycles. The predicted molar refractivity (Wildman–Crippen MR) is 119 cm³/mol. The van der Waals surface area contributed by atoms with Crippen molar-refractivity contribution in [2.75, 3.05) is 53.4 Å². The quantitative estimate of drug-likeness (QED) is 0.234. The number of aliphatic hydroxyl groups is 1. The third-order valence-electron chi connectivity index (χ3n) is 5.52. The van der Waals surface area contributed by atoms with Crippen molar-refractivity contribution in [3.63, 3.8) is 0 Å². The van der Waals surface area contributed by atoms with E-state index in [0.717, 1.165) is 58.7 Å². The molecule has 35 heavy (non-hydrogen) atoms. The molecule has 1 aliphatic carbocycles. The number of aromatic nitrogens is 1. The number of nitrogens with zero attached hydrogens (tertiary/aromatic N) is 4. The van der Waals surface area contributed by atoms with Crippen molar-refractivity contribution >= 4 is 10.1 Å². The Morgan fingerprint density at radius 2 is 1.54 bits per heavy atom. The summed E-state index contributed by atoms with van der Waals surface area (Å²) in [6.07, 6.45) is 4.05. The summed E-state index contributed by atoms with van der Waals surface area (Å²) in [6.45, 7) is 7.81. The third-order valence-corrected chi connectivity index (χ3v) is 6.09. The fourth-order valence-electron chi connectivity index (χ4n) is 3.26. The first kappa shape index (κ1) is 34.2. The van der Waals surface area contributed by atoms with Gasteiger partial charge in [0.1, 0.15) is 0 Å². The van der Waals surface area contributed by atoms with Gasteiger partial charge in [0.15, 0.2) is 10.1 Å². The van der Waals surface area contributed by atoms with E-state index in [2.05, 4.69) is 45.9 Å². The fourth-order valence-corrected chi connectivity index (χ4v) is 3.26. The topological polar surface area (TPSA) is 123 Å². The van der Waals surface area contributed by atoms with Crippen molar-refractivity contribution in [2.24, 2.45) is 0 Å². The van der Waals surface area contributed by atoms with Crippen LogP contribution >= 0.6 is 0 Å². The van der Waals surface area contributed by atoms with E-state index < -0.39 is 27.8 Å². The van der Waals surface area contributed by atoms with Crippen LogP contribution < -0.4 is 5.11 Å². The second-order valence-electron chi connectivity index (χ2n) is 8.49. The van der Waals surface area contributed by atoms with E-state index in [1.807, 2.05) is 12.3 Å². The average molecular weight is 570 g/mol. The molecule has 1 aromatic rings. The predicted octanol–water partition coefficient (Wildman–Crippen LogP) is 0.460. The molecule has 0 aromatic carbocycles. The van der Waals surface area contributed by atoms with E-state index >= 15 is 0 Å². The van der Waals surface area contributed by atoms with Gasteiger partial charge in [0.05, 0.1) is 5.69 Å². The number of likely N-dealkylation sites (N-methyl/N-ethyl adjacent to an activating group) is 2. The van der Waals surface area contributed by atoms with Gasteiger partial charge in [-0.05, 0) is 32.6 Å². The molecule has 1 N–H and O–H groups in total. The average Bonchev–Trinajstić information content (AvgIpc) is 2.83. The van der Waals surface area contributed by atoms with Crippen LogP contribution in [0.15, 0.2) is 24.4 Å².